The summed E-state index contributed by atoms with van der Waals surface area (Å²) in [5.41, 5.74) is 2.54. The molecule has 0 saturated carbocycles. The molecule has 1 aromatic heterocycles. The molecular weight excluding hydrogens is 514 g/mol. The van der Waals surface area contributed by atoms with E-state index in [2.05, 4.69) is 15.9 Å². The van der Waals surface area contributed by atoms with E-state index in [9.17, 15) is 9.59 Å². The summed E-state index contributed by atoms with van der Waals surface area (Å²) in [6.07, 6.45) is 0. The Bertz CT molecular complexity index is 1500. The maximum Gasteiger partial charge on any atom is 0.295 e. The highest BCUT2D eigenvalue weighted by molar-refractivity contribution is 9.10. The number of ether oxygens (including phenoxy) is 3. The van der Waals surface area contributed by atoms with Gasteiger partial charge in [0.1, 0.15) is 5.58 Å². The number of halogens is 1. The number of rotatable bonds is 5. The number of carbonyl (C=O) groups is 1. The summed E-state index contributed by atoms with van der Waals surface area (Å²) in [6, 6.07) is 15.4. The summed E-state index contributed by atoms with van der Waals surface area (Å²) in [5, 5.41) is 0.423. The first-order valence-electron chi connectivity index (χ1n) is 10.8. The normalized spacial score (nSPS) is 14.8. The number of amides is 1. The van der Waals surface area contributed by atoms with Crippen molar-refractivity contribution in [2.75, 3.05) is 26.2 Å². The zero-order valence-electron chi connectivity index (χ0n) is 19.5. The van der Waals surface area contributed by atoms with Crippen molar-refractivity contribution in [3.8, 4) is 17.2 Å². The largest absolute Gasteiger partial charge is 0.493 e. The second-order valence-electron chi connectivity index (χ2n) is 8.19. The average Bonchev–Trinajstić information content (AvgIpc) is 3.16. The average molecular weight is 536 g/mol. The molecule has 0 bridgehead atoms. The molecule has 178 valence electrons. The first kappa shape index (κ1) is 23.0. The minimum absolute atomic E-state index is 0.0213. The van der Waals surface area contributed by atoms with E-state index in [1.54, 1.807) is 29.2 Å². The summed E-state index contributed by atoms with van der Waals surface area (Å²) in [5.74, 6) is 0.868. The van der Waals surface area contributed by atoms with Crippen LogP contribution in [0.4, 0.5) is 5.69 Å². The molecular formula is C27H22BrNO6. The predicted octanol–water partition coefficient (Wildman–Crippen LogP) is 5.64. The third kappa shape index (κ3) is 3.65. The van der Waals surface area contributed by atoms with Crippen LogP contribution in [0, 0.1) is 6.92 Å². The minimum Gasteiger partial charge on any atom is -0.493 e. The lowest BCUT2D eigenvalue weighted by molar-refractivity contribution is 0.0971. The van der Waals surface area contributed by atoms with Crippen LogP contribution in [0.5, 0.6) is 17.2 Å². The van der Waals surface area contributed by atoms with E-state index in [0.29, 0.717) is 39.5 Å². The van der Waals surface area contributed by atoms with Gasteiger partial charge in [0.25, 0.3) is 5.91 Å². The van der Waals surface area contributed by atoms with Crippen LogP contribution in [0.15, 0.2) is 68.3 Å². The van der Waals surface area contributed by atoms with Gasteiger partial charge in [-0.1, -0.05) is 27.6 Å². The van der Waals surface area contributed by atoms with Crippen molar-refractivity contribution >= 4 is 38.5 Å². The molecule has 4 aromatic rings. The van der Waals surface area contributed by atoms with Crippen LogP contribution in [0.2, 0.25) is 0 Å². The van der Waals surface area contributed by atoms with Crippen LogP contribution in [-0.4, -0.2) is 27.2 Å². The van der Waals surface area contributed by atoms with E-state index in [4.69, 9.17) is 18.6 Å². The number of carbonyl (C=O) groups excluding carboxylic acids is 1. The van der Waals surface area contributed by atoms with Gasteiger partial charge in [-0.25, -0.2) is 0 Å². The number of benzene rings is 3. The Balaban J connectivity index is 1.84. The SMILES string of the molecule is COc1cc([C@H]2c3c(oc4ccc(C)cc4c3=O)C(=O)N2c2ccc(Br)cc2)cc(OC)c1OC. The molecule has 0 saturated heterocycles. The Morgan fingerprint density at radius 2 is 1.54 bits per heavy atom. The molecule has 0 radical (unpaired) electrons. The molecule has 5 rings (SSSR count). The number of hydrogen-bond acceptors (Lipinski definition) is 6. The van der Waals surface area contributed by atoms with Crippen molar-refractivity contribution in [3.63, 3.8) is 0 Å². The second kappa shape index (κ2) is 8.78. The van der Waals surface area contributed by atoms with Crippen LogP contribution < -0.4 is 24.5 Å². The number of nitrogens with zero attached hydrogens (tertiary/aromatic N) is 1. The topological polar surface area (TPSA) is 78.2 Å². The first-order valence-corrected chi connectivity index (χ1v) is 11.6. The van der Waals surface area contributed by atoms with E-state index in [1.807, 2.05) is 37.3 Å². The van der Waals surface area contributed by atoms with Gasteiger partial charge in [0.05, 0.1) is 38.3 Å². The molecule has 8 heteroatoms. The van der Waals surface area contributed by atoms with Crippen molar-refractivity contribution in [2.24, 2.45) is 0 Å². The van der Waals surface area contributed by atoms with Crippen LogP contribution in [0.25, 0.3) is 11.0 Å². The molecule has 1 atom stereocenters. The zero-order chi connectivity index (χ0) is 24.9. The van der Waals surface area contributed by atoms with Gasteiger partial charge < -0.3 is 18.6 Å². The highest BCUT2D eigenvalue weighted by Crippen LogP contribution is 2.46. The van der Waals surface area contributed by atoms with Crippen molar-refractivity contribution < 1.29 is 23.4 Å². The Morgan fingerprint density at radius 1 is 0.886 bits per heavy atom. The Hall–Kier alpha value is -3.78. The van der Waals surface area contributed by atoms with Gasteiger partial charge >= 0.3 is 0 Å². The van der Waals surface area contributed by atoms with E-state index in [-0.39, 0.29) is 16.8 Å². The molecule has 0 fully saturated rings. The smallest absolute Gasteiger partial charge is 0.295 e. The van der Waals surface area contributed by atoms with Gasteiger partial charge in [-0.05, 0) is 61.0 Å². The van der Waals surface area contributed by atoms with Crippen LogP contribution in [0.3, 0.4) is 0 Å². The molecule has 0 aliphatic carbocycles. The van der Waals surface area contributed by atoms with Crippen molar-refractivity contribution in [1.29, 1.82) is 0 Å². The van der Waals surface area contributed by atoms with Gasteiger partial charge in [-0.15, -0.1) is 0 Å². The summed E-state index contributed by atoms with van der Waals surface area (Å²) in [7, 11) is 4.56. The van der Waals surface area contributed by atoms with Crippen LogP contribution in [0.1, 0.15) is 33.3 Å². The number of methoxy groups -OCH3 is 3. The van der Waals surface area contributed by atoms with Crippen molar-refractivity contribution in [3.05, 3.63) is 91.7 Å². The fourth-order valence-corrected chi connectivity index (χ4v) is 4.79. The van der Waals surface area contributed by atoms with Crippen LogP contribution >= 0.6 is 15.9 Å². The summed E-state index contributed by atoms with van der Waals surface area (Å²) >= 11 is 3.44. The maximum absolute atomic E-state index is 13.8. The molecule has 1 aliphatic rings. The second-order valence-corrected chi connectivity index (χ2v) is 9.10. The minimum atomic E-state index is -0.770. The number of hydrogen-bond donors (Lipinski definition) is 0. The third-order valence-electron chi connectivity index (χ3n) is 6.13. The lowest BCUT2D eigenvalue weighted by Crippen LogP contribution is -2.29. The molecule has 3 aromatic carbocycles. The predicted molar refractivity (Wildman–Crippen MR) is 136 cm³/mol. The van der Waals surface area contributed by atoms with Gasteiger partial charge in [0.2, 0.25) is 11.5 Å². The molecule has 0 N–H and O–H groups in total. The number of aryl methyl sites for hydroxylation is 1. The Morgan fingerprint density at radius 3 is 2.14 bits per heavy atom. The number of anilines is 1. The molecule has 7 nitrogen and oxygen atoms in total. The lowest BCUT2D eigenvalue weighted by atomic mass is 9.97. The van der Waals surface area contributed by atoms with Gasteiger partial charge in [0.15, 0.2) is 16.9 Å². The standard InChI is InChI=1S/C27H22BrNO6/c1-14-5-10-19-18(11-14)24(30)22-23(15-12-20(32-2)25(34-4)21(13-15)33-3)29(27(31)26(22)35-19)17-8-6-16(28)7-9-17/h5-13,23H,1-4H3/t23-/m0/s1. The van der Waals surface area contributed by atoms with Crippen molar-refractivity contribution in [2.45, 2.75) is 13.0 Å². The summed E-state index contributed by atoms with van der Waals surface area (Å²) in [4.78, 5) is 29.2. The summed E-state index contributed by atoms with van der Waals surface area (Å²) < 4.78 is 23.5. The zero-order valence-corrected chi connectivity index (χ0v) is 21.1. The Labute approximate surface area is 210 Å². The molecule has 1 amide bonds. The van der Waals surface area contributed by atoms with Crippen LogP contribution in [-0.2, 0) is 0 Å². The number of fused-ring (bicyclic) bond motifs is 2. The van der Waals surface area contributed by atoms with E-state index in [1.165, 1.54) is 21.3 Å². The monoisotopic (exact) mass is 535 g/mol. The fourth-order valence-electron chi connectivity index (χ4n) is 4.53. The van der Waals surface area contributed by atoms with Gasteiger partial charge in [0, 0.05) is 10.2 Å². The molecule has 1 aliphatic heterocycles. The molecule has 2 heterocycles. The van der Waals surface area contributed by atoms with Gasteiger partial charge in [-0.2, -0.15) is 0 Å². The Kier molecular flexibility index (Phi) is 5.76. The van der Waals surface area contributed by atoms with E-state index < -0.39 is 11.9 Å². The van der Waals surface area contributed by atoms with E-state index >= 15 is 0 Å². The molecule has 35 heavy (non-hydrogen) atoms. The van der Waals surface area contributed by atoms with Gasteiger partial charge in [-0.3, -0.25) is 14.5 Å². The lowest BCUT2D eigenvalue weighted by Gasteiger charge is -2.26. The first-order chi connectivity index (χ1) is 16.9. The molecule has 0 spiro atoms. The maximum atomic E-state index is 13.8. The van der Waals surface area contributed by atoms with E-state index in [0.717, 1.165) is 10.0 Å². The quantitative estimate of drug-likeness (QED) is 0.329. The highest BCUT2D eigenvalue weighted by Gasteiger charge is 2.44. The molecule has 0 unspecified atom stereocenters. The summed E-state index contributed by atoms with van der Waals surface area (Å²) in [6.45, 7) is 1.90. The van der Waals surface area contributed by atoms with Crippen molar-refractivity contribution in [1.82, 2.24) is 0 Å². The fraction of sp³-hybridized carbons (Fsp3) is 0.185. The highest BCUT2D eigenvalue weighted by atomic mass is 79.9. The third-order valence-corrected chi connectivity index (χ3v) is 6.66.